The summed E-state index contributed by atoms with van der Waals surface area (Å²) in [6.45, 7) is 2.84. The lowest BCUT2D eigenvalue weighted by molar-refractivity contribution is -0.167. The van der Waals surface area contributed by atoms with Gasteiger partial charge in [-0.1, -0.05) is 34.8 Å². The molecule has 0 spiro atoms. The van der Waals surface area contributed by atoms with E-state index in [0.717, 1.165) is 14.9 Å². The van der Waals surface area contributed by atoms with Crippen LogP contribution in [0.4, 0.5) is 34.8 Å². The number of alkyl halides is 3. The molecule has 11 nitrogen and oxygen atoms in total. The minimum Gasteiger partial charge on any atom is -0.457 e. The molecule has 4 aromatic carbocycles. The van der Waals surface area contributed by atoms with Gasteiger partial charge in [-0.2, -0.15) is 13.2 Å². The largest absolute Gasteiger partial charge is 0.471 e. The average Bonchev–Trinajstić information content (AvgIpc) is 3.58. The molecule has 0 atom stereocenters. The molecule has 5 N–H and O–H groups in total. The van der Waals surface area contributed by atoms with Gasteiger partial charge in [0.2, 0.25) is 11.8 Å². The quantitative estimate of drug-likeness (QED) is 0.122. The Balaban J connectivity index is 0.000000194. The topological polar surface area (TPSA) is 158 Å². The number of nitrogens with two attached hydrogens (primary N) is 1. The van der Waals surface area contributed by atoms with Gasteiger partial charge < -0.3 is 31.2 Å². The monoisotopic (exact) mass is 694 g/mol. The van der Waals surface area contributed by atoms with E-state index in [9.17, 15) is 27.6 Å². The highest BCUT2D eigenvalue weighted by molar-refractivity contribution is 7.22. The van der Waals surface area contributed by atoms with Crippen LogP contribution in [0.1, 0.15) is 13.8 Å². The van der Waals surface area contributed by atoms with E-state index in [-0.39, 0.29) is 23.3 Å². The molecule has 16 heteroatoms. The number of hydrogen-bond donors (Lipinski definition) is 4. The number of aromatic nitrogens is 2. The van der Waals surface area contributed by atoms with Crippen LogP contribution in [0.5, 0.6) is 23.0 Å². The molecule has 0 saturated heterocycles. The smallest absolute Gasteiger partial charge is 0.457 e. The molecule has 0 aliphatic heterocycles. The van der Waals surface area contributed by atoms with Crippen molar-refractivity contribution in [2.24, 2.45) is 0 Å². The third kappa shape index (κ3) is 9.17. The molecule has 0 saturated carbocycles. The highest BCUT2D eigenvalue weighted by atomic mass is 32.1. The van der Waals surface area contributed by atoms with Gasteiger partial charge >= 0.3 is 12.1 Å². The van der Waals surface area contributed by atoms with Crippen molar-refractivity contribution in [1.29, 1.82) is 0 Å². The van der Waals surface area contributed by atoms with E-state index < -0.39 is 12.1 Å². The van der Waals surface area contributed by atoms with E-state index in [1.54, 1.807) is 41.7 Å². The zero-order valence-electron chi connectivity index (χ0n) is 25.0. The zero-order chi connectivity index (χ0) is 34.4. The molecule has 3 amide bonds. The van der Waals surface area contributed by atoms with E-state index in [2.05, 4.69) is 20.6 Å². The number of fused-ring (bicyclic) bond motifs is 2. The number of thiazole rings is 2. The van der Waals surface area contributed by atoms with Gasteiger partial charge in [-0.05, 0) is 48.5 Å². The Hall–Kier alpha value is -5.74. The van der Waals surface area contributed by atoms with Crippen LogP contribution in [0.2, 0.25) is 0 Å². The third-order valence-electron chi connectivity index (χ3n) is 5.96. The predicted molar refractivity (Wildman–Crippen MR) is 180 cm³/mol. The molecular weight excluding hydrogens is 670 g/mol. The molecule has 6 aromatic rings. The van der Waals surface area contributed by atoms with Gasteiger partial charge in [-0.3, -0.25) is 14.4 Å². The molecule has 2 aromatic heterocycles. The van der Waals surface area contributed by atoms with Crippen molar-refractivity contribution >= 4 is 82.5 Å². The number of nitrogens with zero attached hydrogens (tertiary/aromatic N) is 2. The van der Waals surface area contributed by atoms with Crippen LogP contribution in [0.25, 0.3) is 20.4 Å². The fourth-order valence-corrected chi connectivity index (χ4v) is 5.92. The minimum absolute atomic E-state index is 0.0402. The average molecular weight is 695 g/mol. The summed E-state index contributed by atoms with van der Waals surface area (Å²) in [6, 6.07) is 23.5. The fourth-order valence-electron chi connectivity index (χ4n) is 4.03. The second kappa shape index (κ2) is 14.4. The van der Waals surface area contributed by atoms with E-state index in [1.807, 2.05) is 30.3 Å². The summed E-state index contributed by atoms with van der Waals surface area (Å²) >= 11 is 2.67. The SMILES string of the molecule is CC(=O)Nc1nc2ccc(Oc3cccc(N)c3)cc2s1.CC(=O)Nc1nc2ccc(Oc3cccc(NC(=O)C(F)(F)F)c3)cc2s1. The van der Waals surface area contributed by atoms with Crippen LogP contribution in [-0.2, 0) is 14.4 Å². The molecule has 2 heterocycles. The van der Waals surface area contributed by atoms with E-state index in [1.165, 1.54) is 54.7 Å². The van der Waals surface area contributed by atoms with Gasteiger partial charge in [-0.15, -0.1) is 0 Å². The van der Waals surface area contributed by atoms with Crippen molar-refractivity contribution in [2.75, 3.05) is 21.7 Å². The number of hydrogen-bond acceptors (Lipinski definition) is 10. The Morgan fingerprint density at radius 3 is 1.62 bits per heavy atom. The molecule has 48 heavy (non-hydrogen) atoms. The number of rotatable bonds is 7. The first-order chi connectivity index (χ1) is 22.8. The Morgan fingerprint density at radius 2 is 1.15 bits per heavy atom. The van der Waals surface area contributed by atoms with Crippen molar-refractivity contribution in [1.82, 2.24) is 9.97 Å². The molecule has 0 bridgehead atoms. The highest BCUT2D eigenvalue weighted by Gasteiger charge is 2.38. The van der Waals surface area contributed by atoms with Gasteiger partial charge in [0.05, 0.1) is 20.4 Å². The first kappa shape index (κ1) is 33.6. The Labute approximate surface area is 278 Å². The minimum atomic E-state index is -4.97. The lowest BCUT2D eigenvalue weighted by Crippen LogP contribution is -2.29. The van der Waals surface area contributed by atoms with Crippen molar-refractivity contribution in [3.05, 3.63) is 84.9 Å². The lowest BCUT2D eigenvalue weighted by atomic mass is 10.3. The maximum atomic E-state index is 12.3. The maximum absolute atomic E-state index is 12.3. The number of halogens is 3. The zero-order valence-corrected chi connectivity index (χ0v) is 26.7. The van der Waals surface area contributed by atoms with Crippen molar-refractivity contribution in [2.45, 2.75) is 20.0 Å². The van der Waals surface area contributed by atoms with E-state index in [0.29, 0.717) is 38.7 Å². The molecular formula is C32H25F3N6O5S2. The highest BCUT2D eigenvalue weighted by Crippen LogP contribution is 2.33. The molecule has 6 rings (SSSR count). The van der Waals surface area contributed by atoms with Gasteiger partial charge in [0, 0.05) is 49.5 Å². The summed E-state index contributed by atoms with van der Waals surface area (Å²) in [5.41, 5.74) is 7.83. The number of ether oxygens (including phenoxy) is 2. The summed E-state index contributed by atoms with van der Waals surface area (Å²) in [5, 5.41) is 8.08. The van der Waals surface area contributed by atoms with Gasteiger partial charge in [0.15, 0.2) is 10.3 Å². The van der Waals surface area contributed by atoms with Gasteiger partial charge in [0.25, 0.3) is 0 Å². The number of anilines is 4. The number of amides is 3. The molecule has 0 fully saturated rings. The molecule has 0 aliphatic carbocycles. The second-order valence-electron chi connectivity index (χ2n) is 9.92. The molecule has 0 unspecified atom stereocenters. The van der Waals surface area contributed by atoms with Crippen LogP contribution in [0, 0.1) is 0 Å². The number of carbonyl (C=O) groups excluding carboxylic acids is 3. The lowest BCUT2D eigenvalue weighted by Gasteiger charge is -2.10. The fraction of sp³-hybridized carbons (Fsp3) is 0.0938. The van der Waals surface area contributed by atoms with Crippen molar-refractivity contribution in [3.8, 4) is 23.0 Å². The Morgan fingerprint density at radius 1 is 0.667 bits per heavy atom. The van der Waals surface area contributed by atoms with Crippen molar-refractivity contribution in [3.63, 3.8) is 0 Å². The van der Waals surface area contributed by atoms with Crippen LogP contribution < -0.4 is 31.2 Å². The predicted octanol–water partition coefficient (Wildman–Crippen LogP) is 8.18. The Kier molecular flexibility index (Phi) is 10.1. The summed E-state index contributed by atoms with van der Waals surface area (Å²) in [6.07, 6.45) is -4.97. The summed E-state index contributed by atoms with van der Waals surface area (Å²) < 4.78 is 50.1. The normalized spacial score (nSPS) is 10.9. The van der Waals surface area contributed by atoms with Gasteiger partial charge in [-0.25, -0.2) is 9.97 Å². The third-order valence-corrected chi connectivity index (χ3v) is 7.83. The van der Waals surface area contributed by atoms with Crippen LogP contribution in [0.15, 0.2) is 84.9 Å². The molecule has 246 valence electrons. The van der Waals surface area contributed by atoms with Gasteiger partial charge in [0.1, 0.15) is 23.0 Å². The number of carbonyl (C=O) groups is 3. The Bertz CT molecular complexity index is 2130. The van der Waals surface area contributed by atoms with Crippen LogP contribution in [-0.4, -0.2) is 33.9 Å². The second-order valence-corrected chi connectivity index (χ2v) is 12.0. The van der Waals surface area contributed by atoms with Crippen LogP contribution >= 0.6 is 22.7 Å². The van der Waals surface area contributed by atoms with Crippen LogP contribution in [0.3, 0.4) is 0 Å². The van der Waals surface area contributed by atoms with E-state index in [4.69, 9.17) is 15.2 Å². The number of nitrogen functional groups attached to an aromatic ring is 1. The summed E-state index contributed by atoms with van der Waals surface area (Å²) in [7, 11) is 0. The van der Waals surface area contributed by atoms with E-state index >= 15 is 0 Å². The van der Waals surface area contributed by atoms with Crippen molar-refractivity contribution < 1.29 is 37.0 Å². The number of nitrogens with one attached hydrogen (secondary N) is 3. The summed E-state index contributed by atoms with van der Waals surface area (Å²) in [4.78, 5) is 41.7. The summed E-state index contributed by atoms with van der Waals surface area (Å²) in [5.74, 6) is -0.363. The maximum Gasteiger partial charge on any atom is 0.471 e. The standard InChI is InChI=1S/C17H12F3N3O3S.C15H13N3O2S/c1-9(24)21-16-23-13-6-5-12(8-14(13)27-16)26-11-4-2-3-10(7-11)22-15(25)17(18,19)20;1-9(19)17-15-18-13-6-5-12(8-14(13)21-15)20-11-4-2-3-10(16)7-11/h2-8H,1H3,(H,22,25)(H,21,23,24);2-8H,16H2,1H3,(H,17,18,19). The molecule has 0 aliphatic rings. The first-order valence-electron chi connectivity index (χ1n) is 13.9. The first-order valence-corrected chi connectivity index (χ1v) is 15.5. The number of benzene rings is 4. The molecule has 0 radical (unpaired) electrons.